The lowest BCUT2D eigenvalue weighted by atomic mass is 10.2. The second-order valence-corrected chi connectivity index (χ2v) is 6.15. The zero-order valence-corrected chi connectivity index (χ0v) is 12.2. The molecule has 20 heavy (non-hydrogen) atoms. The molecule has 1 heterocycles. The van der Waals surface area contributed by atoms with Gasteiger partial charge in [-0.3, -0.25) is 4.72 Å². The molecule has 1 aromatic heterocycles. The highest BCUT2D eigenvalue weighted by molar-refractivity contribution is 7.92. The molecule has 0 radical (unpaired) electrons. The van der Waals surface area contributed by atoms with Gasteiger partial charge >= 0.3 is 0 Å². The Labute approximate surface area is 125 Å². The molecule has 0 amide bonds. The molecule has 2 aromatic rings. The molecule has 0 fully saturated rings. The molecule has 0 saturated heterocycles. The summed E-state index contributed by atoms with van der Waals surface area (Å²) >= 11 is 11.6. The Hall–Kier alpha value is -1.81. The molecule has 2 rings (SSSR count). The Balaban J connectivity index is 2.39. The minimum absolute atomic E-state index is 0.0430. The number of nitrogens with zero attached hydrogens (tertiary/aromatic N) is 2. The highest BCUT2D eigenvalue weighted by Crippen LogP contribution is 2.24. The van der Waals surface area contributed by atoms with Gasteiger partial charge < -0.3 is 0 Å². The van der Waals surface area contributed by atoms with Gasteiger partial charge in [0.25, 0.3) is 10.0 Å². The second kappa shape index (κ2) is 5.67. The monoisotopic (exact) mass is 327 g/mol. The Morgan fingerprint density at radius 3 is 2.55 bits per heavy atom. The van der Waals surface area contributed by atoms with E-state index in [1.165, 1.54) is 30.3 Å². The van der Waals surface area contributed by atoms with Crippen molar-refractivity contribution in [3.63, 3.8) is 0 Å². The van der Waals surface area contributed by atoms with Gasteiger partial charge in [0.05, 0.1) is 16.7 Å². The molecule has 0 aliphatic heterocycles. The van der Waals surface area contributed by atoms with Gasteiger partial charge in [0.2, 0.25) is 0 Å². The zero-order chi connectivity index (χ0) is 14.8. The molecule has 8 heteroatoms. The Morgan fingerprint density at radius 1 is 1.20 bits per heavy atom. The van der Waals surface area contributed by atoms with Crippen LogP contribution in [-0.2, 0) is 10.0 Å². The first kappa shape index (κ1) is 14.6. The molecule has 0 unspecified atom stereocenters. The van der Waals surface area contributed by atoms with E-state index in [1.54, 1.807) is 6.07 Å². The van der Waals surface area contributed by atoms with Gasteiger partial charge in [0, 0.05) is 0 Å². The van der Waals surface area contributed by atoms with Crippen molar-refractivity contribution in [2.75, 3.05) is 4.72 Å². The number of anilines is 1. The Morgan fingerprint density at radius 2 is 1.95 bits per heavy atom. The summed E-state index contributed by atoms with van der Waals surface area (Å²) in [7, 11) is -3.90. The average molecular weight is 328 g/mol. The number of rotatable bonds is 3. The lowest BCUT2D eigenvalue weighted by molar-refractivity contribution is 0.601. The second-order valence-electron chi connectivity index (χ2n) is 3.71. The fourth-order valence-electron chi connectivity index (χ4n) is 1.45. The van der Waals surface area contributed by atoms with Gasteiger partial charge in [-0.15, -0.1) is 0 Å². The SMILES string of the molecule is N#Cc1ccc(S(=O)(=O)Nc2cccc(Cl)n2)c(Cl)c1. The van der Waals surface area contributed by atoms with Gasteiger partial charge in [0.15, 0.2) is 0 Å². The molecule has 0 spiro atoms. The lowest BCUT2D eigenvalue weighted by Crippen LogP contribution is -2.14. The van der Waals surface area contributed by atoms with Crippen LogP contribution in [0.2, 0.25) is 10.2 Å². The van der Waals surface area contributed by atoms with Gasteiger partial charge in [0.1, 0.15) is 15.9 Å². The molecule has 0 saturated carbocycles. The van der Waals surface area contributed by atoms with Crippen molar-refractivity contribution in [3.8, 4) is 6.07 Å². The van der Waals surface area contributed by atoms with Gasteiger partial charge in [-0.05, 0) is 30.3 Å². The minimum atomic E-state index is -3.90. The maximum Gasteiger partial charge on any atom is 0.264 e. The van der Waals surface area contributed by atoms with Crippen molar-refractivity contribution in [1.82, 2.24) is 4.98 Å². The van der Waals surface area contributed by atoms with Crippen LogP contribution >= 0.6 is 23.2 Å². The summed E-state index contributed by atoms with van der Waals surface area (Å²) in [6, 6.07) is 10.3. The van der Waals surface area contributed by atoms with Crippen LogP contribution in [0.5, 0.6) is 0 Å². The predicted molar refractivity (Wildman–Crippen MR) is 76.2 cm³/mol. The molecular weight excluding hydrogens is 321 g/mol. The van der Waals surface area contributed by atoms with Crippen LogP contribution in [0.15, 0.2) is 41.3 Å². The van der Waals surface area contributed by atoms with Crippen molar-refractivity contribution in [3.05, 3.63) is 52.1 Å². The molecule has 0 bridgehead atoms. The first-order chi connectivity index (χ1) is 9.42. The number of nitrogens with one attached hydrogen (secondary N) is 1. The molecule has 0 aliphatic carbocycles. The molecule has 0 atom stereocenters. The van der Waals surface area contributed by atoms with E-state index in [-0.39, 0.29) is 26.5 Å². The van der Waals surface area contributed by atoms with Crippen molar-refractivity contribution < 1.29 is 8.42 Å². The molecule has 0 aliphatic rings. The van der Waals surface area contributed by atoms with Crippen LogP contribution in [0, 0.1) is 11.3 Å². The normalized spacial score (nSPS) is 10.8. The number of aromatic nitrogens is 1. The highest BCUT2D eigenvalue weighted by Gasteiger charge is 2.19. The fraction of sp³-hybridized carbons (Fsp3) is 0. The maximum atomic E-state index is 12.2. The van der Waals surface area contributed by atoms with Crippen molar-refractivity contribution in [2.24, 2.45) is 0 Å². The highest BCUT2D eigenvalue weighted by atomic mass is 35.5. The summed E-state index contributed by atoms with van der Waals surface area (Å²) in [4.78, 5) is 3.69. The maximum absolute atomic E-state index is 12.2. The summed E-state index contributed by atoms with van der Waals surface area (Å²) in [5.74, 6) is 0.0814. The quantitative estimate of drug-likeness (QED) is 0.878. The molecule has 1 N–H and O–H groups in total. The van der Waals surface area contributed by atoms with E-state index in [1.807, 2.05) is 6.07 Å². The van der Waals surface area contributed by atoms with E-state index in [4.69, 9.17) is 28.5 Å². The fourth-order valence-corrected chi connectivity index (χ4v) is 3.16. The lowest BCUT2D eigenvalue weighted by Gasteiger charge is -2.09. The van der Waals surface area contributed by atoms with E-state index < -0.39 is 10.0 Å². The third-order valence-electron chi connectivity index (χ3n) is 2.30. The number of pyridine rings is 1. The molecule has 102 valence electrons. The van der Waals surface area contributed by atoms with Crippen molar-refractivity contribution in [2.45, 2.75) is 4.90 Å². The largest absolute Gasteiger partial charge is 0.264 e. The summed E-state index contributed by atoms with van der Waals surface area (Å²) in [5, 5.41) is 8.84. The van der Waals surface area contributed by atoms with Crippen LogP contribution in [0.3, 0.4) is 0 Å². The molecule has 1 aromatic carbocycles. The van der Waals surface area contributed by atoms with Crippen LogP contribution in [-0.4, -0.2) is 13.4 Å². The van der Waals surface area contributed by atoms with E-state index in [0.29, 0.717) is 0 Å². The van der Waals surface area contributed by atoms with E-state index in [0.717, 1.165) is 0 Å². The van der Waals surface area contributed by atoms with E-state index in [9.17, 15) is 8.42 Å². The van der Waals surface area contributed by atoms with Crippen molar-refractivity contribution in [1.29, 1.82) is 5.26 Å². The van der Waals surface area contributed by atoms with Crippen LogP contribution in [0.4, 0.5) is 5.82 Å². The number of halogens is 2. The van der Waals surface area contributed by atoms with Crippen LogP contribution in [0.1, 0.15) is 5.56 Å². The van der Waals surface area contributed by atoms with E-state index in [2.05, 4.69) is 9.71 Å². The molecule has 5 nitrogen and oxygen atoms in total. The van der Waals surface area contributed by atoms with Gasteiger partial charge in [-0.25, -0.2) is 13.4 Å². The summed E-state index contributed by atoms with van der Waals surface area (Å²) in [5.41, 5.74) is 0.273. The number of hydrogen-bond donors (Lipinski definition) is 1. The first-order valence-electron chi connectivity index (χ1n) is 5.27. The summed E-state index contributed by atoms with van der Waals surface area (Å²) < 4.78 is 26.6. The van der Waals surface area contributed by atoms with Crippen molar-refractivity contribution >= 4 is 39.0 Å². The minimum Gasteiger partial charge on any atom is -0.263 e. The summed E-state index contributed by atoms with van der Waals surface area (Å²) in [6.07, 6.45) is 0. The number of sulfonamides is 1. The standard InChI is InChI=1S/C12H7Cl2N3O2S/c13-9-6-8(7-15)4-5-10(9)20(18,19)17-12-3-1-2-11(14)16-12/h1-6H,(H,16,17). The Kier molecular flexibility index (Phi) is 4.14. The predicted octanol–water partition coefficient (Wildman–Crippen LogP) is 3.06. The van der Waals surface area contributed by atoms with Gasteiger partial charge in [-0.2, -0.15) is 5.26 Å². The topological polar surface area (TPSA) is 82.8 Å². The number of nitriles is 1. The van der Waals surface area contributed by atoms with Gasteiger partial charge in [-0.1, -0.05) is 29.3 Å². The smallest absolute Gasteiger partial charge is 0.263 e. The van der Waals surface area contributed by atoms with Crippen LogP contribution < -0.4 is 4.72 Å². The average Bonchev–Trinajstić information content (AvgIpc) is 2.37. The summed E-state index contributed by atoms with van der Waals surface area (Å²) in [6.45, 7) is 0. The first-order valence-corrected chi connectivity index (χ1v) is 7.51. The number of benzene rings is 1. The zero-order valence-electron chi connectivity index (χ0n) is 9.84. The third-order valence-corrected chi connectivity index (χ3v) is 4.35. The van der Waals surface area contributed by atoms with E-state index >= 15 is 0 Å². The van der Waals surface area contributed by atoms with Crippen LogP contribution in [0.25, 0.3) is 0 Å². The third kappa shape index (κ3) is 3.20. The number of hydrogen-bond acceptors (Lipinski definition) is 4. The Bertz CT molecular complexity index is 801. The molecular formula is C12H7Cl2N3O2S.